The zero-order valence-electron chi connectivity index (χ0n) is 10.3. The Balaban J connectivity index is 1.97. The van der Waals surface area contributed by atoms with Gasteiger partial charge in [-0.05, 0) is 28.7 Å². The first-order valence-electron chi connectivity index (χ1n) is 6.39. The average molecular weight is 239 g/mol. The highest BCUT2D eigenvalue weighted by atomic mass is 16.3. The lowest BCUT2D eigenvalue weighted by molar-refractivity contribution is 0.282. The Hall–Kier alpha value is -1.64. The van der Waals surface area contributed by atoms with Crippen LogP contribution in [0.1, 0.15) is 28.3 Å². The van der Waals surface area contributed by atoms with Crippen LogP contribution in [0.25, 0.3) is 0 Å². The third-order valence-electron chi connectivity index (χ3n) is 3.60. The van der Waals surface area contributed by atoms with Gasteiger partial charge in [0.1, 0.15) is 0 Å². The predicted octanol–water partition coefficient (Wildman–Crippen LogP) is 2.41. The van der Waals surface area contributed by atoms with Gasteiger partial charge in [0.05, 0.1) is 12.6 Å². The van der Waals surface area contributed by atoms with Gasteiger partial charge in [0, 0.05) is 6.54 Å². The summed E-state index contributed by atoms with van der Waals surface area (Å²) in [7, 11) is 0. The van der Waals surface area contributed by atoms with E-state index < -0.39 is 0 Å². The fourth-order valence-electron chi connectivity index (χ4n) is 2.62. The number of hydrogen-bond acceptors (Lipinski definition) is 2. The molecule has 2 aromatic carbocycles. The molecule has 0 spiro atoms. The summed E-state index contributed by atoms with van der Waals surface area (Å²) in [5.41, 5.74) is 5.04. The van der Waals surface area contributed by atoms with Gasteiger partial charge in [-0.2, -0.15) is 0 Å². The fraction of sp³-hybridized carbons (Fsp3) is 0.250. The largest absolute Gasteiger partial charge is 0.392 e. The molecule has 18 heavy (non-hydrogen) atoms. The number of aliphatic hydroxyl groups excluding tert-OH is 1. The number of hydrogen-bond donors (Lipinski definition) is 2. The molecule has 0 radical (unpaired) electrons. The first-order valence-corrected chi connectivity index (χ1v) is 6.39. The van der Waals surface area contributed by atoms with Gasteiger partial charge in [-0.3, -0.25) is 0 Å². The zero-order chi connectivity index (χ0) is 12.4. The monoisotopic (exact) mass is 239 g/mol. The van der Waals surface area contributed by atoms with Crippen molar-refractivity contribution in [3.8, 4) is 0 Å². The Bertz CT molecular complexity index is 533. The van der Waals surface area contributed by atoms with Crippen LogP contribution in [-0.4, -0.2) is 11.7 Å². The summed E-state index contributed by atoms with van der Waals surface area (Å²) < 4.78 is 0. The molecule has 0 bridgehead atoms. The Morgan fingerprint density at radius 2 is 1.83 bits per heavy atom. The van der Waals surface area contributed by atoms with Crippen molar-refractivity contribution in [1.29, 1.82) is 0 Å². The van der Waals surface area contributed by atoms with Crippen molar-refractivity contribution in [2.45, 2.75) is 19.1 Å². The summed E-state index contributed by atoms with van der Waals surface area (Å²) in [4.78, 5) is 0. The van der Waals surface area contributed by atoms with E-state index in [1.54, 1.807) is 0 Å². The summed E-state index contributed by atoms with van der Waals surface area (Å²) in [5.74, 6) is 0. The maximum Gasteiger partial charge on any atom is 0.0681 e. The lowest BCUT2D eigenvalue weighted by Crippen LogP contribution is -2.30. The normalized spacial score (nSPS) is 18.4. The molecule has 0 aliphatic carbocycles. The number of nitrogens with one attached hydrogen (secondary N) is 1. The van der Waals surface area contributed by atoms with Crippen LogP contribution in [0.3, 0.4) is 0 Å². The van der Waals surface area contributed by atoms with E-state index in [1.807, 2.05) is 12.1 Å². The molecule has 0 saturated heterocycles. The van der Waals surface area contributed by atoms with E-state index in [9.17, 15) is 0 Å². The van der Waals surface area contributed by atoms with E-state index in [-0.39, 0.29) is 12.6 Å². The summed E-state index contributed by atoms with van der Waals surface area (Å²) >= 11 is 0. The summed E-state index contributed by atoms with van der Waals surface area (Å²) in [6, 6.07) is 17.1. The van der Waals surface area contributed by atoms with E-state index in [2.05, 4.69) is 41.7 Å². The third kappa shape index (κ3) is 2.05. The van der Waals surface area contributed by atoms with Crippen molar-refractivity contribution in [2.24, 2.45) is 0 Å². The molecule has 2 heteroatoms. The molecule has 1 aliphatic heterocycles. The summed E-state index contributed by atoms with van der Waals surface area (Å²) in [6.07, 6.45) is 1.10. The molecule has 1 atom stereocenters. The lowest BCUT2D eigenvalue weighted by atomic mass is 9.90. The van der Waals surface area contributed by atoms with E-state index in [0.717, 1.165) is 18.5 Å². The molecule has 0 aromatic heterocycles. The molecule has 92 valence electrons. The summed E-state index contributed by atoms with van der Waals surface area (Å²) in [5, 5.41) is 12.6. The van der Waals surface area contributed by atoms with Gasteiger partial charge >= 0.3 is 0 Å². The van der Waals surface area contributed by atoms with Gasteiger partial charge in [-0.25, -0.2) is 0 Å². The van der Waals surface area contributed by atoms with Gasteiger partial charge in [0.2, 0.25) is 0 Å². The Morgan fingerprint density at radius 1 is 1.06 bits per heavy atom. The maximum atomic E-state index is 9.08. The van der Waals surface area contributed by atoms with Crippen LogP contribution in [-0.2, 0) is 13.0 Å². The first-order chi connectivity index (χ1) is 8.88. The van der Waals surface area contributed by atoms with Crippen LogP contribution in [0, 0.1) is 0 Å². The van der Waals surface area contributed by atoms with Crippen molar-refractivity contribution in [1.82, 2.24) is 5.32 Å². The molecule has 0 amide bonds. The fourth-order valence-corrected chi connectivity index (χ4v) is 2.62. The SMILES string of the molecule is OCc1ccc([C@H]2NCCc3ccccc32)cc1. The Labute approximate surface area is 107 Å². The molecule has 0 unspecified atom stereocenters. The van der Waals surface area contributed by atoms with Crippen LogP contribution < -0.4 is 5.32 Å². The highest BCUT2D eigenvalue weighted by Crippen LogP contribution is 2.28. The van der Waals surface area contributed by atoms with Crippen LogP contribution in [0.5, 0.6) is 0 Å². The zero-order valence-corrected chi connectivity index (χ0v) is 10.3. The van der Waals surface area contributed by atoms with Gasteiger partial charge in [-0.15, -0.1) is 0 Å². The molecule has 2 nitrogen and oxygen atoms in total. The molecule has 0 saturated carbocycles. The molecular weight excluding hydrogens is 222 g/mol. The standard InChI is InChI=1S/C16H17NO/c18-11-12-5-7-14(8-6-12)16-15-4-2-1-3-13(15)9-10-17-16/h1-8,16-18H,9-11H2/t16-/m1/s1. The second-order valence-electron chi connectivity index (χ2n) is 4.74. The van der Waals surface area contributed by atoms with Crippen molar-refractivity contribution >= 4 is 0 Å². The second kappa shape index (κ2) is 4.92. The molecule has 3 rings (SSSR count). The molecule has 2 aromatic rings. The lowest BCUT2D eigenvalue weighted by Gasteiger charge is -2.27. The second-order valence-corrected chi connectivity index (χ2v) is 4.74. The van der Waals surface area contributed by atoms with E-state index in [1.165, 1.54) is 16.7 Å². The van der Waals surface area contributed by atoms with Crippen LogP contribution in [0.4, 0.5) is 0 Å². The first kappa shape index (κ1) is 11.5. The minimum absolute atomic E-state index is 0.106. The number of rotatable bonds is 2. The maximum absolute atomic E-state index is 9.08. The number of benzene rings is 2. The third-order valence-corrected chi connectivity index (χ3v) is 3.60. The van der Waals surface area contributed by atoms with Gasteiger partial charge < -0.3 is 10.4 Å². The highest BCUT2D eigenvalue weighted by molar-refractivity contribution is 5.40. The Kier molecular flexibility index (Phi) is 3.13. The van der Waals surface area contributed by atoms with Crippen LogP contribution in [0.15, 0.2) is 48.5 Å². The van der Waals surface area contributed by atoms with E-state index in [4.69, 9.17) is 5.11 Å². The minimum atomic E-state index is 0.106. The van der Waals surface area contributed by atoms with E-state index >= 15 is 0 Å². The highest BCUT2D eigenvalue weighted by Gasteiger charge is 2.20. The van der Waals surface area contributed by atoms with Gasteiger partial charge in [-0.1, -0.05) is 48.5 Å². The average Bonchev–Trinajstić information content (AvgIpc) is 2.47. The smallest absolute Gasteiger partial charge is 0.0681 e. The molecule has 1 heterocycles. The number of aliphatic hydroxyl groups is 1. The van der Waals surface area contributed by atoms with E-state index in [0.29, 0.717) is 0 Å². The minimum Gasteiger partial charge on any atom is -0.392 e. The summed E-state index contributed by atoms with van der Waals surface area (Å²) in [6.45, 7) is 1.12. The van der Waals surface area contributed by atoms with Crippen LogP contribution >= 0.6 is 0 Å². The molecular formula is C16H17NO. The van der Waals surface area contributed by atoms with Crippen molar-refractivity contribution in [3.05, 3.63) is 70.8 Å². The van der Waals surface area contributed by atoms with Gasteiger partial charge in [0.25, 0.3) is 0 Å². The topological polar surface area (TPSA) is 32.3 Å². The van der Waals surface area contributed by atoms with Crippen molar-refractivity contribution in [2.75, 3.05) is 6.54 Å². The molecule has 0 fully saturated rings. The Morgan fingerprint density at radius 3 is 2.61 bits per heavy atom. The predicted molar refractivity (Wildman–Crippen MR) is 72.4 cm³/mol. The quantitative estimate of drug-likeness (QED) is 0.843. The van der Waals surface area contributed by atoms with Crippen molar-refractivity contribution in [3.63, 3.8) is 0 Å². The number of fused-ring (bicyclic) bond motifs is 1. The molecule has 1 aliphatic rings. The van der Waals surface area contributed by atoms with Gasteiger partial charge in [0.15, 0.2) is 0 Å². The molecule has 2 N–H and O–H groups in total. The van der Waals surface area contributed by atoms with Crippen molar-refractivity contribution < 1.29 is 5.11 Å². The van der Waals surface area contributed by atoms with Crippen LogP contribution in [0.2, 0.25) is 0 Å².